The van der Waals surface area contributed by atoms with Gasteiger partial charge in [0.1, 0.15) is 0 Å². The minimum absolute atomic E-state index is 0.611. The van der Waals surface area contributed by atoms with Gasteiger partial charge in [0.2, 0.25) is 0 Å². The molecular weight excluding hydrogens is 126 g/mol. The molecule has 0 atom stereocenters. The summed E-state index contributed by atoms with van der Waals surface area (Å²) in [6.07, 6.45) is 0. The summed E-state index contributed by atoms with van der Waals surface area (Å²) >= 11 is 0. The van der Waals surface area contributed by atoms with Crippen molar-refractivity contribution in [1.82, 2.24) is 5.48 Å². The first-order chi connectivity index (χ1) is 4.63. The number of nitrogens with one attached hydrogen (secondary N) is 1. The van der Waals surface area contributed by atoms with Crippen molar-refractivity contribution in [2.75, 3.05) is 13.2 Å². The summed E-state index contributed by atoms with van der Waals surface area (Å²) in [5, 5.41) is 0. The topological polar surface area (TPSA) is 21.3 Å². The molecule has 0 aromatic heterocycles. The van der Waals surface area contributed by atoms with Gasteiger partial charge in [0, 0.05) is 6.54 Å². The van der Waals surface area contributed by atoms with Crippen LogP contribution in [0.4, 0.5) is 0 Å². The molecule has 0 unspecified atom stereocenters. The first kappa shape index (κ1) is 9.92. The van der Waals surface area contributed by atoms with Crippen molar-refractivity contribution < 1.29 is 4.84 Å². The van der Waals surface area contributed by atoms with Gasteiger partial charge >= 0.3 is 0 Å². The molecule has 10 heavy (non-hydrogen) atoms. The molecule has 0 amide bonds. The lowest BCUT2D eigenvalue weighted by molar-refractivity contribution is 0.0184. The smallest absolute Gasteiger partial charge is 0.0705 e. The average Bonchev–Trinajstić information content (AvgIpc) is 1.79. The fourth-order valence-corrected chi connectivity index (χ4v) is 0.451. The lowest BCUT2D eigenvalue weighted by Gasteiger charge is -2.09. The van der Waals surface area contributed by atoms with Gasteiger partial charge in [-0.3, -0.25) is 0 Å². The van der Waals surface area contributed by atoms with Crippen molar-refractivity contribution in [1.29, 1.82) is 0 Å². The van der Waals surface area contributed by atoms with Crippen LogP contribution in [0.15, 0.2) is 0 Å². The SMILES string of the molecule is CC(C)CNOCC(C)C. The molecule has 0 heterocycles. The summed E-state index contributed by atoms with van der Waals surface area (Å²) in [5.41, 5.74) is 2.92. The maximum atomic E-state index is 5.16. The number of hydroxylamine groups is 1. The monoisotopic (exact) mass is 145 g/mol. The Morgan fingerprint density at radius 2 is 1.70 bits per heavy atom. The Morgan fingerprint density at radius 3 is 2.10 bits per heavy atom. The Bertz CT molecular complexity index is 61.7. The molecule has 0 rings (SSSR count). The Hall–Kier alpha value is -0.0800. The summed E-state index contributed by atoms with van der Waals surface area (Å²) in [4.78, 5) is 5.16. The van der Waals surface area contributed by atoms with Crippen molar-refractivity contribution in [2.24, 2.45) is 11.8 Å². The van der Waals surface area contributed by atoms with Crippen molar-refractivity contribution in [3.63, 3.8) is 0 Å². The lowest BCUT2D eigenvalue weighted by Crippen LogP contribution is -2.22. The highest BCUT2D eigenvalue weighted by Gasteiger charge is 1.94. The van der Waals surface area contributed by atoms with Crippen LogP contribution in [0.1, 0.15) is 27.7 Å². The summed E-state index contributed by atoms with van der Waals surface area (Å²) in [6, 6.07) is 0. The number of rotatable bonds is 5. The molecule has 0 spiro atoms. The van der Waals surface area contributed by atoms with Gasteiger partial charge in [-0.1, -0.05) is 27.7 Å². The average molecular weight is 145 g/mol. The Kier molecular flexibility index (Phi) is 5.64. The van der Waals surface area contributed by atoms with Crippen molar-refractivity contribution >= 4 is 0 Å². The lowest BCUT2D eigenvalue weighted by atomic mass is 10.2. The van der Waals surface area contributed by atoms with Crippen LogP contribution in [0.3, 0.4) is 0 Å². The third-order valence-electron chi connectivity index (χ3n) is 1.01. The van der Waals surface area contributed by atoms with Crippen LogP contribution < -0.4 is 5.48 Å². The second-order valence-electron chi connectivity index (χ2n) is 3.45. The molecule has 0 aromatic carbocycles. The van der Waals surface area contributed by atoms with Crippen molar-refractivity contribution in [3.05, 3.63) is 0 Å². The van der Waals surface area contributed by atoms with Crippen LogP contribution in [0, 0.1) is 11.8 Å². The molecule has 0 bridgehead atoms. The zero-order chi connectivity index (χ0) is 7.98. The molecule has 0 aliphatic carbocycles. The minimum Gasteiger partial charge on any atom is -0.302 e. The maximum Gasteiger partial charge on any atom is 0.0705 e. The second kappa shape index (κ2) is 5.69. The van der Waals surface area contributed by atoms with Crippen LogP contribution in [0.2, 0.25) is 0 Å². The highest BCUT2D eigenvalue weighted by Crippen LogP contribution is 1.91. The van der Waals surface area contributed by atoms with Crippen molar-refractivity contribution in [3.8, 4) is 0 Å². The first-order valence-corrected chi connectivity index (χ1v) is 3.97. The standard InChI is InChI=1S/C8H19NO/c1-7(2)5-9-10-6-8(3)4/h7-9H,5-6H2,1-4H3. The molecule has 0 radical (unpaired) electrons. The number of hydrogen-bond acceptors (Lipinski definition) is 2. The summed E-state index contributed by atoms with van der Waals surface area (Å²) < 4.78 is 0. The summed E-state index contributed by atoms with van der Waals surface area (Å²) in [7, 11) is 0. The molecule has 1 N–H and O–H groups in total. The van der Waals surface area contributed by atoms with E-state index in [1.807, 2.05) is 0 Å². The first-order valence-electron chi connectivity index (χ1n) is 3.97. The molecule has 0 aliphatic heterocycles. The van der Waals surface area contributed by atoms with Gasteiger partial charge in [0.05, 0.1) is 6.61 Å². The van der Waals surface area contributed by atoms with E-state index in [2.05, 4.69) is 33.2 Å². The van der Waals surface area contributed by atoms with E-state index in [1.54, 1.807) is 0 Å². The van der Waals surface area contributed by atoms with Gasteiger partial charge in [-0.05, 0) is 11.8 Å². The molecular formula is C8H19NO. The molecule has 0 saturated heterocycles. The zero-order valence-electron chi connectivity index (χ0n) is 7.48. The predicted molar refractivity (Wildman–Crippen MR) is 43.6 cm³/mol. The maximum absolute atomic E-state index is 5.16. The third-order valence-corrected chi connectivity index (χ3v) is 1.01. The normalized spacial score (nSPS) is 11.4. The Labute approximate surface area is 63.9 Å². The molecule has 2 nitrogen and oxygen atoms in total. The molecule has 0 fully saturated rings. The van der Waals surface area contributed by atoms with E-state index in [-0.39, 0.29) is 0 Å². The molecule has 0 aliphatic rings. The quantitative estimate of drug-likeness (QED) is 0.470. The molecule has 62 valence electrons. The molecule has 0 aromatic rings. The predicted octanol–water partition coefficient (Wildman–Crippen LogP) is 1.82. The largest absolute Gasteiger partial charge is 0.302 e. The van der Waals surface area contributed by atoms with E-state index in [4.69, 9.17) is 4.84 Å². The van der Waals surface area contributed by atoms with Crippen LogP contribution in [0.25, 0.3) is 0 Å². The third kappa shape index (κ3) is 7.92. The number of hydrogen-bond donors (Lipinski definition) is 1. The van der Waals surface area contributed by atoms with Crippen LogP contribution in [-0.4, -0.2) is 13.2 Å². The van der Waals surface area contributed by atoms with E-state index < -0.39 is 0 Å². The highest BCUT2D eigenvalue weighted by atomic mass is 16.6. The van der Waals surface area contributed by atoms with Crippen molar-refractivity contribution in [2.45, 2.75) is 27.7 Å². The Morgan fingerprint density at radius 1 is 1.10 bits per heavy atom. The van der Waals surface area contributed by atoms with E-state index in [0.29, 0.717) is 11.8 Å². The highest BCUT2D eigenvalue weighted by molar-refractivity contribution is 4.42. The van der Waals surface area contributed by atoms with Gasteiger partial charge in [-0.25, -0.2) is 5.48 Å². The fraction of sp³-hybridized carbons (Fsp3) is 1.00. The summed E-state index contributed by atoms with van der Waals surface area (Å²) in [5.74, 6) is 1.27. The van der Waals surface area contributed by atoms with Gasteiger partial charge < -0.3 is 4.84 Å². The van der Waals surface area contributed by atoms with Crippen LogP contribution in [-0.2, 0) is 4.84 Å². The van der Waals surface area contributed by atoms with Gasteiger partial charge in [-0.15, -0.1) is 0 Å². The van der Waals surface area contributed by atoms with E-state index in [0.717, 1.165) is 13.2 Å². The minimum atomic E-state index is 0.611. The molecule has 2 heteroatoms. The summed E-state index contributed by atoms with van der Waals surface area (Å²) in [6.45, 7) is 10.3. The zero-order valence-corrected chi connectivity index (χ0v) is 7.48. The van der Waals surface area contributed by atoms with Crippen LogP contribution >= 0.6 is 0 Å². The van der Waals surface area contributed by atoms with E-state index in [9.17, 15) is 0 Å². The van der Waals surface area contributed by atoms with E-state index >= 15 is 0 Å². The van der Waals surface area contributed by atoms with Gasteiger partial charge in [0.15, 0.2) is 0 Å². The Balaban J connectivity index is 2.91. The molecule has 0 saturated carbocycles. The second-order valence-corrected chi connectivity index (χ2v) is 3.45. The fourth-order valence-electron chi connectivity index (χ4n) is 0.451. The van der Waals surface area contributed by atoms with Crippen LogP contribution in [0.5, 0.6) is 0 Å². The van der Waals surface area contributed by atoms with E-state index in [1.165, 1.54) is 0 Å². The van der Waals surface area contributed by atoms with Gasteiger partial charge in [-0.2, -0.15) is 0 Å². The van der Waals surface area contributed by atoms with Gasteiger partial charge in [0.25, 0.3) is 0 Å².